The van der Waals surface area contributed by atoms with Crippen LogP contribution in [0.25, 0.3) is 0 Å². The van der Waals surface area contributed by atoms with Crippen molar-refractivity contribution >= 4 is 27.3 Å². The Bertz CT molecular complexity index is 486. The molecule has 0 saturated carbocycles. The molecule has 1 aliphatic heterocycles. The van der Waals surface area contributed by atoms with E-state index in [2.05, 4.69) is 10.0 Å². The van der Waals surface area contributed by atoms with Crippen molar-refractivity contribution in [2.75, 3.05) is 17.0 Å². The Hall–Kier alpha value is -0.780. The quantitative estimate of drug-likeness (QED) is 0.861. The predicted octanol–water partition coefficient (Wildman–Crippen LogP) is 1.83. The fourth-order valence-corrected chi connectivity index (χ4v) is 3.05. The molecule has 0 radical (unpaired) electrons. The molecule has 1 atom stereocenters. The highest BCUT2D eigenvalue weighted by molar-refractivity contribution is 7.92. The van der Waals surface area contributed by atoms with E-state index in [0.717, 1.165) is 13.0 Å². The van der Waals surface area contributed by atoms with Gasteiger partial charge in [0.2, 0.25) is 10.0 Å². The minimum Gasteiger partial charge on any atom is -0.314 e. The van der Waals surface area contributed by atoms with Crippen molar-refractivity contribution in [1.82, 2.24) is 5.32 Å². The summed E-state index contributed by atoms with van der Waals surface area (Å²) in [4.78, 5) is 0. The molecule has 2 rings (SSSR count). The van der Waals surface area contributed by atoms with Gasteiger partial charge in [0.25, 0.3) is 0 Å². The van der Waals surface area contributed by atoms with E-state index in [9.17, 15) is 8.42 Å². The molecule has 94 valence electrons. The molecule has 1 aromatic carbocycles. The molecular formula is C11H15ClN2O2S. The Balaban J connectivity index is 1.91. The highest BCUT2D eigenvalue weighted by Crippen LogP contribution is 2.17. The van der Waals surface area contributed by atoms with Crippen molar-refractivity contribution < 1.29 is 8.42 Å². The normalized spacial score (nSPS) is 19.7. The number of benzene rings is 1. The number of nitrogens with one attached hydrogen (secondary N) is 2. The van der Waals surface area contributed by atoms with Crippen LogP contribution in [-0.4, -0.2) is 26.8 Å². The molecule has 2 N–H and O–H groups in total. The molecular weight excluding hydrogens is 260 g/mol. The Morgan fingerprint density at radius 2 is 2.24 bits per heavy atom. The molecule has 1 heterocycles. The zero-order valence-electron chi connectivity index (χ0n) is 9.32. The van der Waals surface area contributed by atoms with Crippen molar-refractivity contribution in [3.05, 3.63) is 29.3 Å². The van der Waals surface area contributed by atoms with E-state index in [-0.39, 0.29) is 5.75 Å². The lowest BCUT2D eigenvalue weighted by molar-refractivity contribution is 0.362. The minimum absolute atomic E-state index is 0.136. The second-order valence-electron chi connectivity index (χ2n) is 4.16. The third-order valence-electron chi connectivity index (χ3n) is 2.76. The third kappa shape index (κ3) is 3.87. The minimum atomic E-state index is -3.27. The molecule has 0 aliphatic carbocycles. The summed E-state index contributed by atoms with van der Waals surface area (Å²) in [6.07, 6.45) is 1.71. The maximum absolute atomic E-state index is 11.8. The molecule has 0 spiro atoms. The Morgan fingerprint density at radius 3 is 2.82 bits per heavy atom. The van der Waals surface area contributed by atoms with Crippen LogP contribution in [0.5, 0.6) is 0 Å². The molecule has 1 fully saturated rings. The van der Waals surface area contributed by atoms with Gasteiger partial charge in [0, 0.05) is 16.8 Å². The van der Waals surface area contributed by atoms with Crippen LogP contribution in [-0.2, 0) is 10.0 Å². The van der Waals surface area contributed by atoms with E-state index in [1.807, 2.05) is 0 Å². The lowest BCUT2D eigenvalue weighted by Gasteiger charge is -2.27. The summed E-state index contributed by atoms with van der Waals surface area (Å²) in [5.74, 6) is 0.136. The first-order valence-corrected chi connectivity index (χ1v) is 7.58. The highest BCUT2D eigenvalue weighted by Gasteiger charge is 2.19. The lowest BCUT2D eigenvalue weighted by Crippen LogP contribution is -2.44. The van der Waals surface area contributed by atoms with Crippen LogP contribution in [0.4, 0.5) is 5.69 Å². The van der Waals surface area contributed by atoms with Gasteiger partial charge in [0.05, 0.1) is 5.75 Å². The summed E-state index contributed by atoms with van der Waals surface area (Å²) in [7, 11) is -3.27. The van der Waals surface area contributed by atoms with E-state index in [4.69, 9.17) is 11.6 Å². The second-order valence-corrected chi connectivity index (χ2v) is 6.44. The average Bonchev–Trinajstić information content (AvgIpc) is 2.13. The number of rotatable bonds is 5. The molecule has 4 nitrogen and oxygen atoms in total. The Morgan fingerprint density at radius 1 is 1.47 bits per heavy atom. The highest BCUT2D eigenvalue weighted by atomic mass is 35.5. The van der Waals surface area contributed by atoms with Crippen LogP contribution in [0, 0.1) is 0 Å². The first-order valence-electron chi connectivity index (χ1n) is 5.55. The van der Waals surface area contributed by atoms with Crippen LogP contribution in [0.2, 0.25) is 5.02 Å². The molecule has 0 amide bonds. The van der Waals surface area contributed by atoms with E-state index in [1.165, 1.54) is 0 Å². The van der Waals surface area contributed by atoms with Crippen molar-refractivity contribution in [3.8, 4) is 0 Å². The van der Waals surface area contributed by atoms with Gasteiger partial charge in [-0.25, -0.2) is 8.42 Å². The molecule has 0 bridgehead atoms. The Kier molecular flexibility index (Phi) is 3.91. The zero-order valence-corrected chi connectivity index (χ0v) is 10.9. The van der Waals surface area contributed by atoms with Gasteiger partial charge in [-0.15, -0.1) is 0 Å². The summed E-state index contributed by atoms with van der Waals surface area (Å²) in [5.41, 5.74) is 0.513. The van der Waals surface area contributed by atoms with Crippen LogP contribution in [0.1, 0.15) is 12.8 Å². The SMILES string of the molecule is O=S(=O)(CCC1CCN1)Nc1cccc(Cl)c1. The van der Waals surface area contributed by atoms with Crippen LogP contribution in [0.3, 0.4) is 0 Å². The monoisotopic (exact) mass is 274 g/mol. The number of sulfonamides is 1. The summed E-state index contributed by atoms with van der Waals surface area (Å²) in [5, 5.41) is 3.70. The molecule has 1 saturated heterocycles. The van der Waals surface area contributed by atoms with Gasteiger partial charge in [-0.1, -0.05) is 17.7 Å². The number of halogens is 1. The van der Waals surface area contributed by atoms with Gasteiger partial charge < -0.3 is 5.32 Å². The van der Waals surface area contributed by atoms with Crippen LogP contribution in [0.15, 0.2) is 24.3 Å². The number of hydrogen-bond donors (Lipinski definition) is 2. The maximum atomic E-state index is 11.8. The maximum Gasteiger partial charge on any atom is 0.232 e. The van der Waals surface area contributed by atoms with E-state index in [0.29, 0.717) is 23.2 Å². The van der Waals surface area contributed by atoms with Crippen molar-refractivity contribution in [1.29, 1.82) is 0 Å². The van der Waals surface area contributed by atoms with Crippen molar-refractivity contribution in [2.45, 2.75) is 18.9 Å². The number of anilines is 1. The van der Waals surface area contributed by atoms with Crippen LogP contribution >= 0.6 is 11.6 Å². The first kappa shape index (κ1) is 12.7. The van der Waals surface area contributed by atoms with Gasteiger partial charge >= 0.3 is 0 Å². The summed E-state index contributed by atoms with van der Waals surface area (Å²) < 4.78 is 26.1. The second kappa shape index (κ2) is 5.25. The van der Waals surface area contributed by atoms with Gasteiger partial charge in [-0.05, 0) is 37.6 Å². The summed E-state index contributed by atoms with van der Waals surface area (Å²) >= 11 is 5.79. The number of hydrogen-bond acceptors (Lipinski definition) is 3. The molecule has 1 aromatic rings. The molecule has 1 aliphatic rings. The molecule has 1 unspecified atom stereocenters. The van der Waals surface area contributed by atoms with Gasteiger partial charge in [-0.3, -0.25) is 4.72 Å². The topological polar surface area (TPSA) is 58.2 Å². The molecule has 17 heavy (non-hydrogen) atoms. The van der Waals surface area contributed by atoms with Crippen molar-refractivity contribution in [3.63, 3.8) is 0 Å². The fourth-order valence-electron chi connectivity index (χ4n) is 1.67. The van der Waals surface area contributed by atoms with Gasteiger partial charge in [0.15, 0.2) is 0 Å². The van der Waals surface area contributed by atoms with E-state index < -0.39 is 10.0 Å². The molecule has 0 aromatic heterocycles. The van der Waals surface area contributed by atoms with Crippen molar-refractivity contribution in [2.24, 2.45) is 0 Å². The lowest BCUT2D eigenvalue weighted by atomic mass is 10.1. The van der Waals surface area contributed by atoms with Crippen LogP contribution < -0.4 is 10.0 Å². The fraction of sp³-hybridized carbons (Fsp3) is 0.455. The standard InChI is InChI=1S/C11H15ClN2O2S/c12-9-2-1-3-11(8-9)14-17(15,16)7-5-10-4-6-13-10/h1-3,8,10,13-14H,4-7H2. The smallest absolute Gasteiger partial charge is 0.232 e. The van der Waals surface area contributed by atoms with E-state index >= 15 is 0 Å². The summed E-state index contributed by atoms with van der Waals surface area (Å²) in [6.45, 7) is 0.992. The molecule has 6 heteroatoms. The van der Waals surface area contributed by atoms with Gasteiger partial charge in [-0.2, -0.15) is 0 Å². The average molecular weight is 275 g/mol. The zero-order chi connectivity index (χ0) is 12.3. The first-order chi connectivity index (χ1) is 8.05. The predicted molar refractivity (Wildman–Crippen MR) is 69.9 cm³/mol. The third-order valence-corrected chi connectivity index (χ3v) is 4.31. The van der Waals surface area contributed by atoms with E-state index in [1.54, 1.807) is 24.3 Å². The summed E-state index contributed by atoms with van der Waals surface area (Å²) in [6, 6.07) is 7.06. The Labute approximate surface area is 106 Å². The largest absolute Gasteiger partial charge is 0.314 e. The van der Waals surface area contributed by atoms with Gasteiger partial charge in [0.1, 0.15) is 0 Å².